The zero-order chi connectivity index (χ0) is 14.4. The minimum absolute atomic E-state index is 0.722. The van der Waals surface area contributed by atoms with Gasteiger partial charge in [-0.2, -0.15) is 0 Å². The summed E-state index contributed by atoms with van der Waals surface area (Å²) in [5, 5.41) is 6.50. The number of nitrogens with zero attached hydrogens (tertiary/aromatic N) is 1. The molecule has 4 nitrogen and oxygen atoms in total. The summed E-state index contributed by atoms with van der Waals surface area (Å²) in [5.41, 5.74) is 2.41. The number of benzene rings is 1. The number of hydrogen-bond acceptors (Lipinski definition) is 2. The van der Waals surface area contributed by atoms with Crippen molar-refractivity contribution in [3.8, 4) is 5.75 Å². The fourth-order valence-electron chi connectivity index (χ4n) is 2.00. The maximum Gasteiger partial charge on any atom is 0.191 e. The highest BCUT2D eigenvalue weighted by Gasteiger charge is 2.22. The topological polar surface area (TPSA) is 45.7 Å². The van der Waals surface area contributed by atoms with E-state index < -0.39 is 0 Å². The van der Waals surface area contributed by atoms with Crippen LogP contribution in [-0.2, 0) is 6.54 Å². The Kier molecular flexibility index (Phi) is 5.27. The van der Waals surface area contributed by atoms with Crippen molar-refractivity contribution in [1.82, 2.24) is 10.6 Å². The van der Waals surface area contributed by atoms with Crippen LogP contribution in [-0.4, -0.2) is 26.2 Å². The smallest absolute Gasteiger partial charge is 0.191 e. The zero-order valence-corrected chi connectivity index (χ0v) is 12.7. The Morgan fingerprint density at radius 2 is 2.15 bits per heavy atom. The van der Waals surface area contributed by atoms with Gasteiger partial charge in [0.05, 0.1) is 6.61 Å². The van der Waals surface area contributed by atoms with Crippen molar-refractivity contribution in [3.63, 3.8) is 0 Å². The van der Waals surface area contributed by atoms with Crippen LogP contribution in [0, 0.1) is 12.8 Å². The molecule has 0 spiro atoms. The van der Waals surface area contributed by atoms with Gasteiger partial charge in [-0.05, 0) is 44.2 Å². The number of nitrogens with one attached hydrogen (secondary N) is 2. The fourth-order valence-corrected chi connectivity index (χ4v) is 2.00. The molecular formula is C16H25N3O. The van der Waals surface area contributed by atoms with E-state index in [9.17, 15) is 0 Å². The van der Waals surface area contributed by atoms with Gasteiger partial charge in [0, 0.05) is 25.7 Å². The molecular weight excluding hydrogens is 250 g/mol. The lowest BCUT2D eigenvalue weighted by Crippen LogP contribution is -2.36. The van der Waals surface area contributed by atoms with E-state index in [-0.39, 0.29) is 0 Å². The van der Waals surface area contributed by atoms with Gasteiger partial charge in [-0.25, -0.2) is 0 Å². The summed E-state index contributed by atoms with van der Waals surface area (Å²) in [6.07, 6.45) is 2.62. The highest BCUT2D eigenvalue weighted by molar-refractivity contribution is 5.79. The molecule has 0 aromatic heterocycles. The van der Waals surface area contributed by atoms with Crippen LogP contribution in [0.4, 0.5) is 0 Å². The first-order valence-corrected chi connectivity index (χ1v) is 7.39. The third-order valence-corrected chi connectivity index (χ3v) is 3.41. The van der Waals surface area contributed by atoms with Gasteiger partial charge < -0.3 is 15.4 Å². The minimum atomic E-state index is 0.722. The molecule has 1 saturated carbocycles. The first-order chi connectivity index (χ1) is 9.72. The molecule has 2 rings (SSSR count). The molecule has 0 aliphatic heterocycles. The molecule has 1 fully saturated rings. The second-order valence-electron chi connectivity index (χ2n) is 5.32. The predicted octanol–water partition coefficient (Wildman–Crippen LogP) is 2.47. The van der Waals surface area contributed by atoms with Gasteiger partial charge in [-0.1, -0.05) is 12.1 Å². The van der Waals surface area contributed by atoms with E-state index in [0.29, 0.717) is 0 Å². The van der Waals surface area contributed by atoms with Crippen molar-refractivity contribution in [2.45, 2.75) is 33.2 Å². The lowest BCUT2D eigenvalue weighted by molar-refractivity contribution is 0.296. The van der Waals surface area contributed by atoms with Crippen LogP contribution < -0.4 is 15.4 Å². The Hall–Kier alpha value is -1.71. The predicted molar refractivity (Wildman–Crippen MR) is 83.3 cm³/mol. The SMILES string of the molecule is CCNC(=NC)NCc1ccc(C)cc1OCC1CC1. The zero-order valence-electron chi connectivity index (χ0n) is 12.7. The third kappa shape index (κ3) is 4.44. The molecule has 1 aromatic rings. The van der Waals surface area contributed by atoms with Crippen molar-refractivity contribution in [3.05, 3.63) is 29.3 Å². The van der Waals surface area contributed by atoms with Crippen molar-refractivity contribution in [2.75, 3.05) is 20.2 Å². The molecule has 2 N–H and O–H groups in total. The molecule has 20 heavy (non-hydrogen) atoms. The summed E-state index contributed by atoms with van der Waals surface area (Å²) in [6.45, 7) is 6.58. The maximum atomic E-state index is 5.97. The molecule has 0 amide bonds. The first-order valence-electron chi connectivity index (χ1n) is 7.39. The molecule has 1 aromatic carbocycles. The second kappa shape index (κ2) is 7.17. The van der Waals surface area contributed by atoms with Gasteiger partial charge in [0.25, 0.3) is 0 Å². The summed E-state index contributed by atoms with van der Waals surface area (Å²) in [5.74, 6) is 2.59. The van der Waals surface area contributed by atoms with Crippen LogP contribution in [0.15, 0.2) is 23.2 Å². The Bertz CT molecular complexity index is 467. The van der Waals surface area contributed by atoms with Gasteiger partial charge in [0.1, 0.15) is 5.75 Å². The maximum absolute atomic E-state index is 5.97. The molecule has 1 aliphatic rings. The normalized spacial score (nSPS) is 15.1. The quantitative estimate of drug-likeness (QED) is 0.619. The lowest BCUT2D eigenvalue weighted by atomic mass is 10.1. The van der Waals surface area contributed by atoms with E-state index in [1.807, 2.05) is 0 Å². The Balaban J connectivity index is 1.97. The van der Waals surface area contributed by atoms with Crippen molar-refractivity contribution in [2.24, 2.45) is 10.9 Å². The Morgan fingerprint density at radius 3 is 2.80 bits per heavy atom. The van der Waals surface area contributed by atoms with Gasteiger partial charge in [0.15, 0.2) is 5.96 Å². The summed E-state index contributed by atoms with van der Waals surface area (Å²) in [6, 6.07) is 6.37. The average molecular weight is 275 g/mol. The minimum Gasteiger partial charge on any atom is -0.493 e. The third-order valence-electron chi connectivity index (χ3n) is 3.41. The number of rotatable bonds is 6. The first kappa shape index (κ1) is 14.7. The van der Waals surface area contributed by atoms with Crippen LogP contribution in [0.2, 0.25) is 0 Å². The Morgan fingerprint density at radius 1 is 1.35 bits per heavy atom. The summed E-state index contributed by atoms with van der Waals surface area (Å²) < 4.78 is 5.97. The average Bonchev–Trinajstić information content (AvgIpc) is 3.26. The molecule has 4 heteroatoms. The van der Waals surface area contributed by atoms with Gasteiger partial charge in [-0.3, -0.25) is 4.99 Å². The monoisotopic (exact) mass is 275 g/mol. The molecule has 0 saturated heterocycles. The van der Waals surface area contributed by atoms with Crippen LogP contribution in [0.1, 0.15) is 30.9 Å². The van der Waals surface area contributed by atoms with Crippen molar-refractivity contribution < 1.29 is 4.74 Å². The molecule has 1 aliphatic carbocycles. The number of ether oxygens (including phenoxy) is 1. The summed E-state index contributed by atoms with van der Waals surface area (Å²) in [7, 11) is 1.78. The van der Waals surface area contributed by atoms with E-state index in [2.05, 4.69) is 47.7 Å². The second-order valence-corrected chi connectivity index (χ2v) is 5.32. The van der Waals surface area contributed by atoms with E-state index >= 15 is 0 Å². The van der Waals surface area contributed by atoms with Crippen LogP contribution in [0.3, 0.4) is 0 Å². The van der Waals surface area contributed by atoms with Crippen molar-refractivity contribution >= 4 is 5.96 Å². The van der Waals surface area contributed by atoms with E-state index in [1.165, 1.54) is 24.0 Å². The number of hydrogen-bond donors (Lipinski definition) is 2. The lowest BCUT2D eigenvalue weighted by Gasteiger charge is -2.15. The summed E-state index contributed by atoms with van der Waals surface area (Å²) >= 11 is 0. The van der Waals surface area contributed by atoms with Crippen LogP contribution in [0.5, 0.6) is 5.75 Å². The van der Waals surface area contributed by atoms with Crippen LogP contribution >= 0.6 is 0 Å². The highest BCUT2D eigenvalue weighted by atomic mass is 16.5. The van der Waals surface area contributed by atoms with E-state index in [0.717, 1.165) is 37.3 Å². The highest BCUT2D eigenvalue weighted by Crippen LogP contribution is 2.30. The molecule has 0 radical (unpaired) electrons. The fraction of sp³-hybridized carbons (Fsp3) is 0.562. The molecule has 0 unspecified atom stereocenters. The van der Waals surface area contributed by atoms with E-state index in [4.69, 9.17) is 4.74 Å². The number of aryl methyl sites for hydroxylation is 1. The van der Waals surface area contributed by atoms with Crippen molar-refractivity contribution in [1.29, 1.82) is 0 Å². The van der Waals surface area contributed by atoms with Gasteiger partial charge in [-0.15, -0.1) is 0 Å². The van der Waals surface area contributed by atoms with Gasteiger partial charge >= 0.3 is 0 Å². The molecule has 0 atom stereocenters. The number of aliphatic imine (C=N–C) groups is 1. The number of guanidine groups is 1. The molecule has 0 bridgehead atoms. The summed E-state index contributed by atoms with van der Waals surface area (Å²) in [4.78, 5) is 4.18. The van der Waals surface area contributed by atoms with Gasteiger partial charge in [0.2, 0.25) is 0 Å². The Labute approximate surface area is 121 Å². The van der Waals surface area contributed by atoms with Crippen LogP contribution in [0.25, 0.3) is 0 Å². The van der Waals surface area contributed by atoms with E-state index in [1.54, 1.807) is 7.05 Å². The standard InChI is InChI=1S/C16H25N3O/c1-4-18-16(17-3)19-10-14-8-5-12(2)9-15(14)20-11-13-6-7-13/h5,8-9,13H,4,6-7,10-11H2,1-3H3,(H2,17,18,19). The molecule has 0 heterocycles. The molecule has 110 valence electrons. The largest absolute Gasteiger partial charge is 0.493 e.